The van der Waals surface area contributed by atoms with Crippen molar-refractivity contribution in [3.8, 4) is 0 Å². The van der Waals surface area contributed by atoms with Gasteiger partial charge in [-0.3, -0.25) is 4.98 Å². The second-order valence-corrected chi connectivity index (χ2v) is 2.00. The highest BCUT2D eigenvalue weighted by atomic mass is 35.5. The molecular weight excluding hydrogens is 201 g/mol. The largest absolute Gasteiger partial charge is 0.478 e. The first kappa shape index (κ1) is 13.8. The zero-order valence-electron chi connectivity index (χ0n) is 6.35. The molecule has 1 aromatic rings. The van der Waals surface area contributed by atoms with Crippen molar-refractivity contribution in [1.82, 2.24) is 4.98 Å². The minimum Gasteiger partial charge on any atom is -0.478 e. The van der Waals surface area contributed by atoms with Crippen LogP contribution in [0.4, 0.5) is 0 Å². The molecule has 3 nitrogen and oxygen atoms in total. The van der Waals surface area contributed by atoms with E-state index in [1.54, 1.807) is 6.92 Å². The van der Waals surface area contributed by atoms with Gasteiger partial charge in [0.1, 0.15) is 0 Å². The number of carboxylic acids is 1. The molecule has 0 unspecified atom stereocenters. The van der Waals surface area contributed by atoms with Crippen molar-refractivity contribution in [3.63, 3.8) is 0 Å². The lowest BCUT2D eigenvalue weighted by Crippen LogP contribution is -1.98. The maximum atomic E-state index is 10.4. The highest BCUT2D eigenvalue weighted by Crippen LogP contribution is 2.03. The number of carboxylic acid groups (broad SMARTS) is 1. The first-order chi connectivity index (χ1) is 4.72. The fraction of sp³-hybridized carbons (Fsp3) is 0.143. The van der Waals surface area contributed by atoms with Crippen LogP contribution in [-0.2, 0) is 0 Å². The van der Waals surface area contributed by atoms with E-state index in [4.69, 9.17) is 5.11 Å². The van der Waals surface area contributed by atoms with E-state index in [2.05, 4.69) is 4.98 Å². The molecule has 0 saturated heterocycles. The van der Waals surface area contributed by atoms with E-state index in [9.17, 15) is 4.79 Å². The number of aromatic nitrogens is 1. The summed E-state index contributed by atoms with van der Waals surface area (Å²) in [7, 11) is 0. The summed E-state index contributed by atoms with van der Waals surface area (Å²) in [6.45, 7) is 1.72. The molecule has 1 rings (SSSR count). The van der Waals surface area contributed by atoms with Crippen LogP contribution in [0.1, 0.15) is 15.9 Å². The molecule has 0 aliphatic rings. The maximum absolute atomic E-state index is 10.4. The van der Waals surface area contributed by atoms with Gasteiger partial charge in [-0.05, 0) is 18.6 Å². The number of aromatic carboxylic acids is 1. The van der Waals surface area contributed by atoms with E-state index in [1.165, 1.54) is 18.5 Å². The predicted octanol–water partition coefficient (Wildman–Crippen LogP) is 1.93. The van der Waals surface area contributed by atoms with Gasteiger partial charge < -0.3 is 5.11 Å². The molecule has 0 amide bonds. The Balaban J connectivity index is 0. The zero-order valence-corrected chi connectivity index (χ0v) is 7.98. The van der Waals surface area contributed by atoms with Gasteiger partial charge in [-0.25, -0.2) is 4.79 Å². The van der Waals surface area contributed by atoms with Gasteiger partial charge in [0.15, 0.2) is 0 Å². The lowest BCUT2D eigenvalue weighted by atomic mass is 10.2. The van der Waals surface area contributed by atoms with Crippen molar-refractivity contribution in [2.24, 2.45) is 0 Å². The number of pyridine rings is 1. The molecule has 0 aromatic carbocycles. The number of rotatable bonds is 1. The standard InChI is InChI=1S/C7H7NO2.2ClH/c1-5-4-8-3-2-6(5)7(9)10;;/h2-4H,1H3,(H,9,10);2*1H. The lowest BCUT2D eigenvalue weighted by molar-refractivity contribution is 0.0696. The summed E-state index contributed by atoms with van der Waals surface area (Å²) in [5.41, 5.74) is 1.00. The average molecular weight is 210 g/mol. The molecule has 68 valence electrons. The molecule has 1 aromatic heterocycles. The van der Waals surface area contributed by atoms with Crippen LogP contribution in [0.2, 0.25) is 0 Å². The van der Waals surface area contributed by atoms with Crippen LogP contribution >= 0.6 is 24.8 Å². The molecule has 0 aliphatic carbocycles. The van der Waals surface area contributed by atoms with E-state index in [0.29, 0.717) is 11.1 Å². The topological polar surface area (TPSA) is 50.2 Å². The van der Waals surface area contributed by atoms with E-state index < -0.39 is 5.97 Å². The van der Waals surface area contributed by atoms with Crippen LogP contribution in [0.5, 0.6) is 0 Å². The Bertz CT molecular complexity index is 265. The van der Waals surface area contributed by atoms with Crippen LogP contribution in [0.3, 0.4) is 0 Å². The smallest absolute Gasteiger partial charge is 0.336 e. The third kappa shape index (κ3) is 3.07. The Hall–Kier alpha value is -0.800. The van der Waals surface area contributed by atoms with E-state index in [0.717, 1.165) is 0 Å². The normalized spacial score (nSPS) is 7.75. The molecular formula is C7H9Cl2NO2. The van der Waals surface area contributed by atoms with Gasteiger partial charge in [0.2, 0.25) is 0 Å². The summed E-state index contributed by atoms with van der Waals surface area (Å²) in [5, 5.41) is 8.54. The highest BCUT2D eigenvalue weighted by molar-refractivity contribution is 5.88. The van der Waals surface area contributed by atoms with Crippen LogP contribution in [0, 0.1) is 6.92 Å². The Morgan fingerprint density at radius 3 is 2.42 bits per heavy atom. The lowest BCUT2D eigenvalue weighted by Gasteiger charge is -1.95. The van der Waals surface area contributed by atoms with Gasteiger partial charge in [0.25, 0.3) is 0 Å². The Kier molecular flexibility index (Phi) is 6.65. The van der Waals surface area contributed by atoms with Gasteiger partial charge in [0.05, 0.1) is 5.56 Å². The van der Waals surface area contributed by atoms with Gasteiger partial charge in [-0.15, -0.1) is 24.8 Å². The van der Waals surface area contributed by atoms with Gasteiger partial charge >= 0.3 is 5.97 Å². The SMILES string of the molecule is Cc1cnccc1C(=O)O.Cl.Cl. The molecule has 12 heavy (non-hydrogen) atoms. The molecule has 5 heteroatoms. The van der Waals surface area contributed by atoms with E-state index in [-0.39, 0.29) is 24.8 Å². The van der Waals surface area contributed by atoms with Crippen LogP contribution < -0.4 is 0 Å². The van der Waals surface area contributed by atoms with Crippen molar-refractivity contribution in [2.75, 3.05) is 0 Å². The average Bonchev–Trinajstić information content (AvgIpc) is 1.88. The Morgan fingerprint density at radius 1 is 1.50 bits per heavy atom. The van der Waals surface area contributed by atoms with Gasteiger partial charge in [-0.1, -0.05) is 0 Å². The van der Waals surface area contributed by atoms with Crippen molar-refractivity contribution in [3.05, 3.63) is 29.6 Å². The van der Waals surface area contributed by atoms with Gasteiger partial charge in [-0.2, -0.15) is 0 Å². The quantitative estimate of drug-likeness (QED) is 0.770. The molecule has 1 heterocycles. The first-order valence-electron chi connectivity index (χ1n) is 2.85. The minimum atomic E-state index is -0.903. The molecule has 0 fully saturated rings. The minimum absolute atomic E-state index is 0. The molecule has 0 atom stereocenters. The summed E-state index contributed by atoms with van der Waals surface area (Å²) in [4.78, 5) is 14.2. The number of aryl methyl sites for hydroxylation is 1. The number of nitrogens with zero attached hydrogens (tertiary/aromatic N) is 1. The summed E-state index contributed by atoms with van der Waals surface area (Å²) >= 11 is 0. The molecule has 1 N–H and O–H groups in total. The number of hydrogen-bond acceptors (Lipinski definition) is 2. The van der Waals surface area contributed by atoms with Crippen molar-refractivity contribution in [1.29, 1.82) is 0 Å². The van der Waals surface area contributed by atoms with Gasteiger partial charge in [0, 0.05) is 12.4 Å². The van der Waals surface area contributed by atoms with E-state index >= 15 is 0 Å². The summed E-state index contributed by atoms with van der Waals surface area (Å²) in [6, 6.07) is 1.48. The monoisotopic (exact) mass is 209 g/mol. The summed E-state index contributed by atoms with van der Waals surface area (Å²) < 4.78 is 0. The number of hydrogen-bond donors (Lipinski definition) is 1. The molecule has 0 saturated carbocycles. The summed E-state index contributed by atoms with van der Waals surface area (Å²) in [5.74, 6) is -0.903. The zero-order chi connectivity index (χ0) is 7.56. The van der Waals surface area contributed by atoms with Crippen molar-refractivity contribution < 1.29 is 9.90 Å². The van der Waals surface area contributed by atoms with Crippen molar-refractivity contribution in [2.45, 2.75) is 6.92 Å². The number of halogens is 2. The first-order valence-corrected chi connectivity index (χ1v) is 2.85. The Labute approximate surface area is 82.6 Å². The third-order valence-corrected chi connectivity index (χ3v) is 1.25. The number of carbonyl (C=O) groups is 1. The second-order valence-electron chi connectivity index (χ2n) is 2.00. The maximum Gasteiger partial charge on any atom is 0.336 e. The van der Waals surface area contributed by atoms with Crippen molar-refractivity contribution >= 4 is 30.8 Å². The van der Waals surface area contributed by atoms with E-state index in [1.807, 2.05) is 0 Å². The highest BCUT2D eigenvalue weighted by Gasteiger charge is 2.03. The fourth-order valence-electron chi connectivity index (χ4n) is 0.713. The summed E-state index contributed by atoms with van der Waals surface area (Å²) in [6.07, 6.45) is 3.00. The Morgan fingerprint density at radius 2 is 2.08 bits per heavy atom. The molecule has 0 radical (unpaired) electrons. The third-order valence-electron chi connectivity index (χ3n) is 1.25. The molecule has 0 bridgehead atoms. The van der Waals surface area contributed by atoms with Crippen LogP contribution in [-0.4, -0.2) is 16.1 Å². The molecule has 0 spiro atoms. The van der Waals surface area contributed by atoms with Crippen LogP contribution in [0.25, 0.3) is 0 Å². The molecule has 0 aliphatic heterocycles. The predicted molar refractivity (Wildman–Crippen MR) is 50.4 cm³/mol. The fourth-order valence-corrected chi connectivity index (χ4v) is 0.713. The van der Waals surface area contributed by atoms with Crippen LogP contribution in [0.15, 0.2) is 18.5 Å². The second kappa shape index (κ2) is 5.80.